The zero-order valence-corrected chi connectivity index (χ0v) is 54.4. The van der Waals surface area contributed by atoms with Crippen molar-refractivity contribution >= 4 is 82.8 Å². The fourth-order valence-electron chi connectivity index (χ4n) is 9.62. The fraction of sp³-hybridized carbons (Fsp3) is 0.567. The Bertz CT molecular complexity index is 3090. The Labute approximate surface area is 561 Å². The van der Waals surface area contributed by atoms with E-state index in [0.29, 0.717) is 11.1 Å². The van der Waals surface area contributed by atoms with Crippen LogP contribution in [0.2, 0.25) is 0 Å². The number of phenols is 2. The number of amides is 13. The lowest BCUT2D eigenvalue weighted by atomic mass is 10.0. The maximum absolute atomic E-state index is 14.5. The highest BCUT2D eigenvalue weighted by atomic mass is 16.4. The Morgan fingerprint density at radius 3 is 1.28 bits per heavy atom. The minimum absolute atomic E-state index is 0.0395. The van der Waals surface area contributed by atoms with E-state index in [9.17, 15) is 118 Å². The lowest BCUT2D eigenvalue weighted by molar-refractivity contribution is -0.145. The number of aliphatic hydroxyl groups is 7. The summed E-state index contributed by atoms with van der Waals surface area (Å²) in [5.41, 5.74) is 6.02. The Morgan fingerprint density at radius 1 is 0.459 bits per heavy atom. The second kappa shape index (κ2) is 40.8. The van der Waals surface area contributed by atoms with Gasteiger partial charge in [-0.2, -0.15) is 0 Å². The minimum Gasteiger partial charge on any atom is -0.508 e. The molecule has 1 fully saturated rings. The van der Waals surface area contributed by atoms with Crippen LogP contribution in [0.4, 0.5) is 0 Å². The van der Waals surface area contributed by atoms with Crippen LogP contribution in [0, 0.1) is 11.8 Å². The lowest BCUT2D eigenvalue weighted by Crippen LogP contribution is -2.63. The van der Waals surface area contributed by atoms with Gasteiger partial charge in [0, 0.05) is 19.4 Å². The molecule has 0 saturated carbocycles. The second-order valence-electron chi connectivity index (χ2n) is 23.5. The Hall–Kier alpha value is -9.70. The van der Waals surface area contributed by atoms with Gasteiger partial charge in [-0.1, -0.05) is 52.0 Å². The van der Waals surface area contributed by atoms with Crippen molar-refractivity contribution in [2.75, 3.05) is 59.3 Å². The fourth-order valence-corrected chi connectivity index (χ4v) is 9.62. The van der Waals surface area contributed by atoms with Crippen LogP contribution in [-0.4, -0.2) is 277 Å². The number of carboxylic acids is 1. The van der Waals surface area contributed by atoms with Crippen molar-refractivity contribution < 1.29 is 118 Å². The minimum atomic E-state index is -2.04. The molecule has 3 rings (SSSR count). The van der Waals surface area contributed by atoms with Gasteiger partial charge in [0.1, 0.15) is 84.0 Å². The first-order chi connectivity index (χ1) is 46.2. The van der Waals surface area contributed by atoms with Gasteiger partial charge in [0.2, 0.25) is 76.8 Å². The summed E-state index contributed by atoms with van der Waals surface area (Å²) in [6.45, 7) is -0.670. The van der Waals surface area contributed by atoms with Crippen LogP contribution in [-0.2, 0) is 80.0 Å². The molecular formula is C60H90N14O24. The summed E-state index contributed by atoms with van der Waals surface area (Å²) in [7, 11) is 0. The number of aromatic hydroxyl groups is 2. The molecule has 0 aromatic heterocycles. The van der Waals surface area contributed by atoms with Gasteiger partial charge in [0.05, 0.1) is 58.8 Å². The van der Waals surface area contributed by atoms with Crippen molar-refractivity contribution in [3.8, 4) is 11.5 Å². The van der Waals surface area contributed by atoms with Gasteiger partial charge in [-0.05, 0) is 73.4 Å². The standard InChI is InChI=1S/C60H90N14O24/c1-28(2)17-35(63-45(84)20-61)50(87)68-40(24-77)53(90)67-38(22-75)49(86)62-21-46(85)64-39(23-76)54(91)72-47(29(3)4)57(94)69-42(26-79)55(92)73-48(30(5)81)58(95)70-41(25-78)52(89)65-36(18-31-8-12-33(82)13-9-31)51(88)66-37(19-32-10-14-34(83)15-11-32)59(96)74-16-6-7-44(74)56(93)71-43(27-80)60(97)98/h8-15,28-30,35-44,47-48,75-83H,6-7,16-27,61H2,1-5H3,(H,62,86)(H,63,84)(H,64,85)(H,65,89)(H,66,88)(H,67,90)(H,68,87)(H,69,94)(H,70,95)(H,71,93)(H,72,91)(H,73,92)(H,97,98)/t30-,35+,36+,37+,38+,39+,40+,41+,42+,43+,44+,47+,48+/m1/s1. The van der Waals surface area contributed by atoms with E-state index >= 15 is 0 Å². The number of likely N-dealkylation sites (tertiary alicyclic amines) is 1. The van der Waals surface area contributed by atoms with E-state index in [2.05, 4.69) is 63.8 Å². The predicted molar refractivity (Wildman–Crippen MR) is 338 cm³/mol. The Balaban J connectivity index is 1.73. The summed E-state index contributed by atoms with van der Waals surface area (Å²) in [6, 6.07) is -9.55. The molecule has 13 atom stereocenters. The van der Waals surface area contributed by atoms with Gasteiger partial charge in [-0.15, -0.1) is 0 Å². The maximum Gasteiger partial charge on any atom is 0.328 e. The molecule has 544 valence electrons. The number of benzene rings is 2. The number of nitrogens with two attached hydrogens (primary N) is 1. The van der Waals surface area contributed by atoms with Crippen molar-refractivity contribution in [1.29, 1.82) is 0 Å². The van der Waals surface area contributed by atoms with Gasteiger partial charge >= 0.3 is 5.97 Å². The molecule has 0 bridgehead atoms. The van der Waals surface area contributed by atoms with E-state index in [-0.39, 0.29) is 56.1 Å². The highest BCUT2D eigenvalue weighted by Crippen LogP contribution is 2.22. The molecule has 0 aliphatic carbocycles. The van der Waals surface area contributed by atoms with Gasteiger partial charge < -0.3 is 126 Å². The van der Waals surface area contributed by atoms with Gasteiger partial charge in [0.15, 0.2) is 0 Å². The maximum atomic E-state index is 14.5. The first-order valence-electron chi connectivity index (χ1n) is 31.0. The molecule has 0 unspecified atom stereocenters. The average Bonchev–Trinajstić information content (AvgIpc) is 1.62. The van der Waals surface area contributed by atoms with Crippen LogP contribution in [0.25, 0.3) is 0 Å². The molecule has 0 radical (unpaired) electrons. The molecule has 13 amide bonds. The molecule has 98 heavy (non-hydrogen) atoms. The highest BCUT2D eigenvalue weighted by molar-refractivity contribution is 6.00. The number of aliphatic hydroxyl groups excluding tert-OH is 7. The smallest absolute Gasteiger partial charge is 0.328 e. The number of nitrogens with zero attached hydrogens (tertiary/aromatic N) is 1. The molecule has 38 nitrogen and oxygen atoms in total. The largest absolute Gasteiger partial charge is 0.508 e. The van der Waals surface area contributed by atoms with Crippen LogP contribution < -0.4 is 69.5 Å². The number of rotatable bonds is 40. The number of hydrogen-bond donors (Lipinski definition) is 23. The Kier molecular flexibility index (Phi) is 34.3. The van der Waals surface area contributed by atoms with Crippen molar-refractivity contribution in [1.82, 2.24) is 68.7 Å². The zero-order chi connectivity index (χ0) is 73.7. The molecule has 2 aromatic carbocycles. The van der Waals surface area contributed by atoms with Crippen LogP contribution in [0.15, 0.2) is 48.5 Å². The van der Waals surface area contributed by atoms with Crippen LogP contribution in [0.3, 0.4) is 0 Å². The SMILES string of the molecule is CC(C)C[C@H](NC(=O)CN)C(=O)N[C@@H](CO)C(=O)N[C@@H](CO)C(=O)NCC(=O)N[C@@H](CO)C(=O)N[C@H](C(=O)N[C@@H](CO)C(=O)N[C@H](C(=O)N[C@@H](CO)C(=O)N[C@@H](Cc1ccc(O)cc1)C(=O)N[C@@H](Cc1ccc(O)cc1)C(=O)N1CCC[C@H]1C(=O)N[C@@H](CO)C(=O)O)[C@@H](C)O)C(C)C. The predicted octanol–water partition coefficient (Wildman–Crippen LogP) is -10.6. The number of nitrogens with one attached hydrogen (secondary N) is 12. The quantitative estimate of drug-likeness (QED) is 0.0295. The number of carboxylic acid groups (broad SMARTS) is 1. The molecule has 2 aromatic rings. The van der Waals surface area contributed by atoms with Crippen molar-refractivity contribution in [3.05, 3.63) is 59.7 Å². The molecule has 1 saturated heterocycles. The summed E-state index contributed by atoms with van der Waals surface area (Å²) in [6.07, 6.45) is -2.08. The van der Waals surface area contributed by atoms with Crippen LogP contribution >= 0.6 is 0 Å². The summed E-state index contributed by atoms with van der Waals surface area (Å²) in [5, 5.41) is 127. The first-order valence-corrected chi connectivity index (χ1v) is 31.0. The number of aliphatic carboxylic acids is 1. The van der Waals surface area contributed by atoms with Crippen molar-refractivity contribution in [2.24, 2.45) is 17.6 Å². The summed E-state index contributed by atoms with van der Waals surface area (Å²) >= 11 is 0. The molecule has 0 spiro atoms. The van der Waals surface area contributed by atoms with Gasteiger partial charge in [-0.3, -0.25) is 62.3 Å². The summed E-state index contributed by atoms with van der Waals surface area (Å²) < 4.78 is 0. The van der Waals surface area contributed by atoms with E-state index in [1.165, 1.54) is 62.4 Å². The lowest BCUT2D eigenvalue weighted by Gasteiger charge is -2.31. The summed E-state index contributed by atoms with van der Waals surface area (Å²) in [4.78, 5) is 187. The van der Waals surface area contributed by atoms with Gasteiger partial charge in [0.25, 0.3) is 0 Å². The number of carbonyl (C=O) groups excluding carboxylic acids is 13. The van der Waals surface area contributed by atoms with E-state index < -0.39 is 220 Å². The topological polar surface area (TPSA) is 615 Å². The third kappa shape index (κ3) is 26.0. The van der Waals surface area contributed by atoms with Crippen LogP contribution in [0.5, 0.6) is 11.5 Å². The third-order valence-corrected chi connectivity index (χ3v) is 15.0. The monoisotopic (exact) mass is 1390 g/mol. The average molecular weight is 1390 g/mol. The second-order valence-corrected chi connectivity index (χ2v) is 23.5. The van der Waals surface area contributed by atoms with E-state index in [1.807, 2.05) is 0 Å². The van der Waals surface area contributed by atoms with Crippen LogP contribution in [0.1, 0.15) is 65.0 Å². The summed E-state index contributed by atoms with van der Waals surface area (Å²) in [5.74, 6) is -17.1. The molecular weight excluding hydrogens is 1300 g/mol. The Morgan fingerprint density at radius 2 is 0.837 bits per heavy atom. The molecule has 1 heterocycles. The van der Waals surface area contributed by atoms with E-state index in [4.69, 9.17) is 5.73 Å². The molecule has 24 N–H and O–H groups in total. The van der Waals surface area contributed by atoms with Crippen molar-refractivity contribution in [3.63, 3.8) is 0 Å². The van der Waals surface area contributed by atoms with E-state index in [1.54, 1.807) is 13.8 Å². The molecule has 1 aliphatic rings. The third-order valence-electron chi connectivity index (χ3n) is 15.0. The zero-order valence-electron chi connectivity index (χ0n) is 54.4. The molecule has 1 aliphatic heterocycles. The number of hydrogen-bond acceptors (Lipinski definition) is 24. The number of phenolic OH excluding ortho intramolecular Hbond substituents is 2. The van der Waals surface area contributed by atoms with E-state index in [0.717, 1.165) is 11.8 Å². The van der Waals surface area contributed by atoms with Gasteiger partial charge in [-0.25, -0.2) is 4.79 Å². The number of carbonyl (C=O) groups is 14. The normalized spacial score (nSPS) is 16.4. The van der Waals surface area contributed by atoms with Crippen molar-refractivity contribution in [2.45, 2.75) is 145 Å². The first kappa shape index (κ1) is 82.5. The highest BCUT2D eigenvalue weighted by Gasteiger charge is 2.41. The molecule has 38 heteroatoms.